The Balaban J connectivity index is 2.13. The summed E-state index contributed by atoms with van der Waals surface area (Å²) in [4.78, 5) is 1.43. The molecular formula is C14H16BrNS. The van der Waals surface area contributed by atoms with E-state index in [0.29, 0.717) is 5.92 Å². The molecule has 0 bridgehead atoms. The molecule has 2 rings (SSSR count). The zero-order valence-corrected chi connectivity index (χ0v) is 12.2. The van der Waals surface area contributed by atoms with Crippen LogP contribution in [0.5, 0.6) is 0 Å². The van der Waals surface area contributed by atoms with Gasteiger partial charge in [-0.2, -0.15) is 0 Å². The number of hydrogen-bond donors (Lipinski definition) is 1. The monoisotopic (exact) mass is 309 g/mol. The van der Waals surface area contributed by atoms with E-state index < -0.39 is 0 Å². The van der Waals surface area contributed by atoms with E-state index in [0.717, 1.165) is 13.0 Å². The average Bonchev–Trinajstić information content (AvgIpc) is 2.75. The van der Waals surface area contributed by atoms with Crippen molar-refractivity contribution in [2.45, 2.75) is 12.3 Å². The minimum Gasteiger partial charge on any atom is -0.319 e. The van der Waals surface area contributed by atoms with Crippen LogP contribution in [0.2, 0.25) is 0 Å². The molecule has 1 N–H and O–H groups in total. The quantitative estimate of drug-likeness (QED) is 0.878. The summed E-state index contributed by atoms with van der Waals surface area (Å²) in [6, 6.07) is 12.9. The molecule has 0 aliphatic carbocycles. The second-order valence-electron chi connectivity index (χ2n) is 4.10. The second-order valence-corrected chi connectivity index (χ2v) is 6.01. The maximum atomic E-state index is 3.51. The predicted molar refractivity (Wildman–Crippen MR) is 78.8 cm³/mol. The lowest BCUT2D eigenvalue weighted by Crippen LogP contribution is -2.18. The minimum absolute atomic E-state index is 0.548. The Kier molecular flexibility index (Phi) is 4.77. The molecule has 90 valence electrons. The summed E-state index contributed by atoms with van der Waals surface area (Å²) in [6.07, 6.45) is 1.10. The number of halogens is 1. The highest BCUT2D eigenvalue weighted by Crippen LogP contribution is 2.26. The Morgan fingerprint density at radius 3 is 2.65 bits per heavy atom. The van der Waals surface area contributed by atoms with Gasteiger partial charge in [0.1, 0.15) is 0 Å². The Bertz CT molecular complexity index is 452. The molecule has 0 fully saturated rings. The minimum atomic E-state index is 0.548. The molecule has 0 amide bonds. The molecule has 1 atom stereocenters. The van der Waals surface area contributed by atoms with Crippen LogP contribution in [-0.2, 0) is 6.42 Å². The summed E-state index contributed by atoms with van der Waals surface area (Å²) < 4.78 is 1.19. The van der Waals surface area contributed by atoms with Crippen molar-refractivity contribution in [3.63, 3.8) is 0 Å². The predicted octanol–water partition coefficient (Wildman–Crippen LogP) is 4.06. The van der Waals surface area contributed by atoms with Crippen LogP contribution in [-0.4, -0.2) is 13.6 Å². The molecule has 1 aromatic heterocycles. The van der Waals surface area contributed by atoms with E-state index in [1.165, 1.54) is 14.9 Å². The van der Waals surface area contributed by atoms with Gasteiger partial charge in [0.2, 0.25) is 0 Å². The van der Waals surface area contributed by atoms with Gasteiger partial charge in [0.15, 0.2) is 0 Å². The van der Waals surface area contributed by atoms with Crippen molar-refractivity contribution in [2.24, 2.45) is 0 Å². The summed E-state index contributed by atoms with van der Waals surface area (Å²) >= 11 is 5.34. The van der Waals surface area contributed by atoms with Crippen LogP contribution in [0.1, 0.15) is 16.4 Å². The van der Waals surface area contributed by atoms with E-state index in [-0.39, 0.29) is 0 Å². The van der Waals surface area contributed by atoms with E-state index in [9.17, 15) is 0 Å². The van der Waals surface area contributed by atoms with Crippen LogP contribution < -0.4 is 5.32 Å². The van der Waals surface area contributed by atoms with E-state index in [1.807, 2.05) is 18.4 Å². The molecule has 0 saturated carbocycles. The van der Waals surface area contributed by atoms with Gasteiger partial charge in [0.25, 0.3) is 0 Å². The van der Waals surface area contributed by atoms with Crippen LogP contribution in [0.4, 0.5) is 0 Å². The van der Waals surface area contributed by atoms with Gasteiger partial charge >= 0.3 is 0 Å². The molecule has 2 aromatic rings. The summed E-state index contributed by atoms with van der Waals surface area (Å²) in [7, 11) is 2.01. The maximum Gasteiger partial charge on any atom is 0.0285 e. The third kappa shape index (κ3) is 3.66. The number of benzene rings is 1. The summed E-state index contributed by atoms with van der Waals surface area (Å²) in [5.41, 5.74) is 1.41. The Morgan fingerprint density at radius 1 is 1.29 bits per heavy atom. The number of rotatable bonds is 5. The highest BCUT2D eigenvalue weighted by atomic mass is 79.9. The second kappa shape index (κ2) is 6.34. The van der Waals surface area contributed by atoms with E-state index in [1.54, 1.807) is 0 Å². The highest BCUT2D eigenvalue weighted by molar-refractivity contribution is 9.10. The fraction of sp³-hybridized carbons (Fsp3) is 0.286. The van der Waals surface area contributed by atoms with E-state index in [4.69, 9.17) is 0 Å². The Morgan fingerprint density at radius 2 is 2.06 bits per heavy atom. The van der Waals surface area contributed by atoms with Crippen LogP contribution >= 0.6 is 27.3 Å². The molecule has 0 radical (unpaired) electrons. The average molecular weight is 310 g/mol. The largest absolute Gasteiger partial charge is 0.319 e. The van der Waals surface area contributed by atoms with Gasteiger partial charge in [-0.05, 0) is 41.0 Å². The van der Waals surface area contributed by atoms with Gasteiger partial charge in [0, 0.05) is 27.2 Å². The standard InChI is InChI=1S/C14H16BrNS/c1-16-9-12(11-5-3-2-4-6-11)7-14-8-13(15)10-17-14/h2-6,8,10,12,16H,7,9H2,1H3. The third-order valence-corrected chi connectivity index (χ3v) is 4.51. The van der Waals surface area contributed by atoms with Gasteiger partial charge < -0.3 is 5.32 Å². The molecular weight excluding hydrogens is 294 g/mol. The smallest absolute Gasteiger partial charge is 0.0285 e. The first-order valence-electron chi connectivity index (χ1n) is 5.72. The molecule has 1 nitrogen and oxygen atoms in total. The lowest BCUT2D eigenvalue weighted by molar-refractivity contribution is 0.630. The van der Waals surface area contributed by atoms with Crippen molar-refractivity contribution < 1.29 is 0 Å². The molecule has 17 heavy (non-hydrogen) atoms. The zero-order valence-electron chi connectivity index (χ0n) is 9.82. The number of hydrogen-bond acceptors (Lipinski definition) is 2. The van der Waals surface area contributed by atoms with Crippen molar-refractivity contribution in [3.8, 4) is 0 Å². The number of likely N-dealkylation sites (N-methyl/N-ethyl adjacent to an activating group) is 1. The van der Waals surface area contributed by atoms with Gasteiger partial charge in [-0.3, -0.25) is 0 Å². The molecule has 3 heteroatoms. The molecule has 0 spiro atoms. The van der Waals surface area contributed by atoms with Crippen molar-refractivity contribution >= 4 is 27.3 Å². The van der Waals surface area contributed by atoms with Crippen molar-refractivity contribution in [2.75, 3.05) is 13.6 Å². The van der Waals surface area contributed by atoms with Crippen LogP contribution in [0.15, 0.2) is 46.3 Å². The lowest BCUT2D eigenvalue weighted by Gasteiger charge is -2.16. The molecule has 0 aliphatic heterocycles. The van der Waals surface area contributed by atoms with Crippen molar-refractivity contribution in [3.05, 3.63) is 56.7 Å². The molecule has 1 unspecified atom stereocenters. The molecule has 1 heterocycles. The first-order valence-corrected chi connectivity index (χ1v) is 7.39. The summed E-state index contributed by atoms with van der Waals surface area (Å²) in [5, 5.41) is 5.44. The van der Waals surface area contributed by atoms with Gasteiger partial charge in [-0.15, -0.1) is 11.3 Å². The Labute approximate surface area is 115 Å². The first-order chi connectivity index (χ1) is 8.29. The summed E-state index contributed by atoms with van der Waals surface area (Å²) in [5.74, 6) is 0.548. The topological polar surface area (TPSA) is 12.0 Å². The molecule has 0 aliphatic rings. The van der Waals surface area contributed by atoms with Crippen molar-refractivity contribution in [1.82, 2.24) is 5.32 Å². The van der Waals surface area contributed by atoms with Crippen LogP contribution in [0.3, 0.4) is 0 Å². The normalized spacial score (nSPS) is 12.6. The fourth-order valence-electron chi connectivity index (χ4n) is 1.98. The number of nitrogens with one attached hydrogen (secondary N) is 1. The fourth-order valence-corrected chi connectivity index (χ4v) is 3.52. The van der Waals surface area contributed by atoms with Gasteiger partial charge in [0.05, 0.1) is 0 Å². The van der Waals surface area contributed by atoms with E-state index >= 15 is 0 Å². The van der Waals surface area contributed by atoms with E-state index in [2.05, 4.69) is 63.0 Å². The molecule has 0 saturated heterocycles. The highest BCUT2D eigenvalue weighted by Gasteiger charge is 2.12. The third-order valence-electron chi connectivity index (χ3n) is 2.79. The van der Waals surface area contributed by atoms with Crippen LogP contribution in [0.25, 0.3) is 0 Å². The van der Waals surface area contributed by atoms with Gasteiger partial charge in [-0.1, -0.05) is 30.3 Å². The zero-order chi connectivity index (χ0) is 12.1. The number of thiophene rings is 1. The lowest BCUT2D eigenvalue weighted by atomic mass is 9.95. The summed E-state index contributed by atoms with van der Waals surface area (Å²) in [6.45, 7) is 1.01. The van der Waals surface area contributed by atoms with Crippen LogP contribution in [0, 0.1) is 0 Å². The van der Waals surface area contributed by atoms with Crippen molar-refractivity contribution in [1.29, 1.82) is 0 Å². The molecule has 1 aromatic carbocycles. The SMILES string of the molecule is CNCC(Cc1cc(Br)cs1)c1ccccc1. The first kappa shape index (κ1) is 12.8. The maximum absolute atomic E-state index is 3.51. The Hall–Kier alpha value is -0.640. The van der Waals surface area contributed by atoms with Gasteiger partial charge in [-0.25, -0.2) is 0 Å².